The van der Waals surface area contributed by atoms with Crippen LogP contribution in [-0.4, -0.2) is 42.7 Å². The molecular weight excluding hydrogens is 366 g/mol. The van der Waals surface area contributed by atoms with Crippen LogP contribution in [0.4, 0.5) is 9.59 Å². The third-order valence-corrected chi connectivity index (χ3v) is 3.16. The fourth-order valence-corrected chi connectivity index (χ4v) is 2.05. The summed E-state index contributed by atoms with van der Waals surface area (Å²) in [6.45, 7) is 7.19. The molecule has 0 saturated carbocycles. The molecule has 9 nitrogen and oxygen atoms in total. The Bertz CT molecular complexity index is 685. The molecule has 9 heteroatoms. The molecule has 1 rings (SSSR count). The number of nitrogens with one attached hydrogen (secondary N) is 3. The van der Waals surface area contributed by atoms with Crippen LogP contribution in [0.3, 0.4) is 0 Å². The van der Waals surface area contributed by atoms with Crippen molar-refractivity contribution in [3.63, 3.8) is 0 Å². The minimum Gasteiger partial charge on any atom is -0.447 e. The van der Waals surface area contributed by atoms with Crippen molar-refractivity contribution in [1.82, 2.24) is 16.0 Å². The van der Waals surface area contributed by atoms with E-state index in [2.05, 4.69) is 16.0 Å². The lowest BCUT2D eigenvalue weighted by atomic mass is 10.1. The lowest BCUT2D eigenvalue weighted by Crippen LogP contribution is -2.42. The molecule has 1 aromatic rings. The van der Waals surface area contributed by atoms with Crippen molar-refractivity contribution in [3.8, 4) is 0 Å². The maximum atomic E-state index is 12.4. The first-order valence-electron chi connectivity index (χ1n) is 8.92. The van der Waals surface area contributed by atoms with E-state index in [4.69, 9.17) is 9.47 Å². The fraction of sp³-hybridized carbons (Fsp3) is 0.474. The summed E-state index contributed by atoms with van der Waals surface area (Å²) in [7, 11) is 0. The van der Waals surface area contributed by atoms with Crippen LogP contribution in [0, 0.1) is 0 Å². The summed E-state index contributed by atoms with van der Waals surface area (Å²) in [5.74, 6) is -1.48. The summed E-state index contributed by atoms with van der Waals surface area (Å²) in [6.07, 6.45) is -2.12. The third kappa shape index (κ3) is 9.02. The number of amides is 4. The van der Waals surface area contributed by atoms with Crippen LogP contribution >= 0.6 is 0 Å². The van der Waals surface area contributed by atoms with E-state index in [1.807, 2.05) is 0 Å². The van der Waals surface area contributed by atoms with Crippen molar-refractivity contribution in [2.75, 3.05) is 13.1 Å². The molecule has 1 aromatic carbocycles. The van der Waals surface area contributed by atoms with Gasteiger partial charge in [0.25, 0.3) is 5.91 Å². The Balaban J connectivity index is 2.66. The molecule has 1 atom stereocenters. The van der Waals surface area contributed by atoms with E-state index >= 15 is 0 Å². The largest absolute Gasteiger partial charge is 0.447 e. The van der Waals surface area contributed by atoms with E-state index in [-0.39, 0.29) is 13.0 Å². The molecular formula is C19H27N3O6. The van der Waals surface area contributed by atoms with Gasteiger partial charge in [0.05, 0.1) is 6.42 Å². The van der Waals surface area contributed by atoms with Gasteiger partial charge >= 0.3 is 18.1 Å². The van der Waals surface area contributed by atoms with Gasteiger partial charge in [0.2, 0.25) is 6.10 Å². The van der Waals surface area contributed by atoms with Gasteiger partial charge in [-0.05, 0) is 27.7 Å². The quantitative estimate of drug-likeness (QED) is 0.609. The first-order valence-corrected chi connectivity index (χ1v) is 8.92. The molecule has 4 amide bonds. The predicted octanol–water partition coefficient (Wildman–Crippen LogP) is 2.03. The van der Waals surface area contributed by atoms with Crippen LogP contribution in [0.15, 0.2) is 30.3 Å². The number of ether oxygens (including phenoxy) is 2. The first kappa shape index (κ1) is 22.9. The number of hydrogen-bond acceptors (Lipinski definition) is 6. The second-order valence-corrected chi connectivity index (χ2v) is 6.81. The van der Waals surface area contributed by atoms with E-state index in [1.54, 1.807) is 58.0 Å². The van der Waals surface area contributed by atoms with Gasteiger partial charge in [-0.2, -0.15) is 0 Å². The summed E-state index contributed by atoms with van der Waals surface area (Å²) in [5, 5.41) is 6.99. The van der Waals surface area contributed by atoms with Gasteiger partial charge in [-0.25, -0.2) is 9.59 Å². The second-order valence-electron chi connectivity index (χ2n) is 6.81. The van der Waals surface area contributed by atoms with Crippen LogP contribution in [0.5, 0.6) is 0 Å². The Morgan fingerprint density at radius 3 is 2.25 bits per heavy atom. The summed E-state index contributed by atoms with van der Waals surface area (Å²) >= 11 is 0. The second kappa shape index (κ2) is 10.9. The number of rotatable bonds is 7. The van der Waals surface area contributed by atoms with Crippen molar-refractivity contribution in [2.45, 2.75) is 45.8 Å². The maximum absolute atomic E-state index is 12.4. The summed E-state index contributed by atoms with van der Waals surface area (Å²) in [6, 6.07) is 7.63. The first-order chi connectivity index (χ1) is 13.1. The molecule has 0 aromatic heterocycles. The van der Waals surface area contributed by atoms with Crippen molar-refractivity contribution in [3.05, 3.63) is 35.9 Å². The molecule has 0 saturated heterocycles. The van der Waals surface area contributed by atoms with Crippen LogP contribution in [0.25, 0.3) is 0 Å². The lowest BCUT2D eigenvalue weighted by molar-refractivity contribution is -0.156. The third-order valence-electron chi connectivity index (χ3n) is 3.16. The van der Waals surface area contributed by atoms with Crippen LogP contribution in [0.2, 0.25) is 0 Å². The van der Waals surface area contributed by atoms with Gasteiger partial charge in [0.15, 0.2) is 0 Å². The average molecular weight is 393 g/mol. The van der Waals surface area contributed by atoms with Crippen LogP contribution in [0.1, 0.15) is 45.8 Å². The molecule has 0 radical (unpaired) electrons. The molecule has 0 spiro atoms. The van der Waals surface area contributed by atoms with E-state index in [0.29, 0.717) is 12.1 Å². The van der Waals surface area contributed by atoms with Crippen LogP contribution < -0.4 is 16.0 Å². The topological polar surface area (TPSA) is 123 Å². The molecule has 3 N–H and O–H groups in total. The highest BCUT2D eigenvalue weighted by Gasteiger charge is 2.26. The molecule has 0 unspecified atom stereocenters. The Labute approximate surface area is 164 Å². The number of esters is 1. The Morgan fingerprint density at radius 1 is 1.04 bits per heavy atom. The number of hydrogen-bond donors (Lipinski definition) is 3. The van der Waals surface area contributed by atoms with Crippen molar-refractivity contribution < 1.29 is 28.7 Å². The number of carbonyl (C=O) groups is 4. The Kier molecular flexibility index (Phi) is 8.94. The van der Waals surface area contributed by atoms with Gasteiger partial charge in [-0.15, -0.1) is 0 Å². The normalized spacial score (nSPS) is 11.7. The molecule has 0 fully saturated rings. The fourth-order valence-electron chi connectivity index (χ4n) is 2.05. The molecule has 28 heavy (non-hydrogen) atoms. The summed E-state index contributed by atoms with van der Waals surface area (Å²) in [4.78, 5) is 47.7. The SMILES string of the molecule is CCNC(=O)NC(=O)[C@H](OC(=O)CCNC(=O)OC(C)(C)C)c1ccccc1. The number of alkyl carbamates (subject to hydrolysis) is 1. The average Bonchev–Trinajstić information content (AvgIpc) is 2.59. The molecule has 0 aliphatic heterocycles. The molecule has 0 aliphatic carbocycles. The molecule has 0 heterocycles. The number of urea groups is 1. The zero-order valence-corrected chi connectivity index (χ0v) is 16.5. The van der Waals surface area contributed by atoms with E-state index < -0.39 is 35.7 Å². The highest BCUT2D eigenvalue weighted by atomic mass is 16.6. The Hall–Kier alpha value is -3.10. The van der Waals surface area contributed by atoms with Gasteiger partial charge in [-0.1, -0.05) is 30.3 Å². The van der Waals surface area contributed by atoms with E-state index in [1.165, 1.54) is 0 Å². The molecule has 0 bridgehead atoms. The van der Waals surface area contributed by atoms with Crippen molar-refractivity contribution in [2.24, 2.45) is 0 Å². The monoisotopic (exact) mass is 393 g/mol. The highest BCUT2D eigenvalue weighted by Crippen LogP contribution is 2.18. The van der Waals surface area contributed by atoms with Crippen molar-refractivity contribution >= 4 is 24.0 Å². The van der Waals surface area contributed by atoms with Gasteiger partial charge in [0, 0.05) is 18.7 Å². The zero-order valence-electron chi connectivity index (χ0n) is 16.5. The smallest absolute Gasteiger partial charge is 0.407 e. The zero-order chi connectivity index (χ0) is 21.2. The van der Waals surface area contributed by atoms with Crippen LogP contribution in [-0.2, 0) is 19.1 Å². The van der Waals surface area contributed by atoms with Gasteiger partial charge < -0.3 is 20.1 Å². The predicted molar refractivity (Wildman–Crippen MR) is 101 cm³/mol. The molecule has 0 aliphatic rings. The maximum Gasteiger partial charge on any atom is 0.407 e. The van der Waals surface area contributed by atoms with Crippen molar-refractivity contribution in [1.29, 1.82) is 0 Å². The number of benzene rings is 1. The summed E-state index contributed by atoms with van der Waals surface area (Å²) in [5.41, 5.74) is -0.238. The minimum atomic E-state index is -1.29. The minimum absolute atomic E-state index is 0.0206. The molecule has 154 valence electrons. The Morgan fingerprint density at radius 2 is 1.68 bits per heavy atom. The highest BCUT2D eigenvalue weighted by molar-refractivity contribution is 5.97. The van der Waals surface area contributed by atoms with E-state index in [0.717, 1.165) is 0 Å². The lowest BCUT2D eigenvalue weighted by Gasteiger charge is -2.20. The van der Waals surface area contributed by atoms with E-state index in [9.17, 15) is 19.2 Å². The number of imide groups is 1. The standard InChI is InChI=1S/C19H27N3O6/c1-5-20-17(25)22-16(24)15(13-9-7-6-8-10-13)27-14(23)11-12-21-18(26)28-19(2,3)4/h6-10,15H,5,11-12H2,1-4H3,(H,21,26)(H2,20,22,24,25)/t15-/m1/s1. The van der Waals surface area contributed by atoms with Gasteiger partial charge in [-0.3, -0.25) is 14.9 Å². The number of carbonyl (C=O) groups excluding carboxylic acids is 4. The van der Waals surface area contributed by atoms with Gasteiger partial charge in [0.1, 0.15) is 5.60 Å². The summed E-state index contributed by atoms with van der Waals surface area (Å²) < 4.78 is 10.3.